The molecule has 17 heavy (non-hydrogen) atoms. The molecule has 0 aliphatic heterocycles. The second kappa shape index (κ2) is 4.18. The van der Waals surface area contributed by atoms with Crippen LogP contribution in [0, 0.1) is 17.0 Å². The minimum atomic E-state index is -0.498. The van der Waals surface area contributed by atoms with E-state index in [9.17, 15) is 10.1 Å². The zero-order valence-corrected chi connectivity index (χ0v) is 10.1. The number of imidazole rings is 1. The largest absolute Gasteiger partial charge is 0.334 e. The second-order valence-electron chi connectivity index (χ2n) is 3.71. The first kappa shape index (κ1) is 11.6. The highest BCUT2D eigenvalue weighted by molar-refractivity contribution is 6.32. The van der Waals surface area contributed by atoms with Crippen LogP contribution < -0.4 is 0 Å². The smallest absolute Gasteiger partial charge is 0.287 e. The molecular weight excluding hydrogens is 242 g/mol. The molecule has 0 aliphatic rings. The fourth-order valence-corrected chi connectivity index (χ4v) is 2.01. The number of halogens is 1. The van der Waals surface area contributed by atoms with Gasteiger partial charge in [0.15, 0.2) is 0 Å². The van der Waals surface area contributed by atoms with Gasteiger partial charge >= 0.3 is 0 Å². The summed E-state index contributed by atoms with van der Waals surface area (Å²) >= 11 is 5.87. The monoisotopic (exact) mass is 251 g/mol. The third kappa shape index (κ3) is 2.01. The van der Waals surface area contributed by atoms with Crippen molar-refractivity contribution in [3.05, 3.63) is 45.4 Å². The Bertz CT molecular complexity index is 573. The minimum absolute atomic E-state index is 0.0877. The first-order valence-corrected chi connectivity index (χ1v) is 5.30. The van der Waals surface area contributed by atoms with Crippen LogP contribution in [-0.2, 0) is 7.05 Å². The summed E-state index contributed by atoms with van der Waals surface area (Å²) in [7, 11) is 1.87. The number of nitro benzene ring substituents is 1. The van der Waals surface area contributed by atoms with Crippen molar-refractivity contribution >= 4 is 17.3 Å². The molecule has 0 N–H and O–H groups in total. The molecule has 1 aromatic carbocycles. The standard InChI is InChI=1S/C11H10ClN3O2/c1-7-11(14(2)6-13-7)8-3-4-10(15(16)17)9(12)5-8/h3-6H,1-2H3. The number of aromatic nitrogens is 2. The minimum Gasteiger partial charge on any atom is -0.334 e. The Morgan fingerprint density at radius 1 is 1.47 bits per heavy atom. The summed E-state index contributed by atoms with van der Waals surface area (Å²) in [6, 6.07) is 4.67. The van der Waals surface area contributed by atoms with Crippen LogP contribution in [0.2, 0.25) is 5.02 Å². The van der Waals surface area contributed by atoms with Crippen LogP contribution >= 0.6 is 11.6 Å². The lowest BCUT2D eigenvalue weighted by molar-refractivity contribution is -0.384. The Kier molecular flexibility index (Phi) is 2.85. The van der Waals surface area contributed by atoms with Gasteiger partial charge in [-0.3, -0.25) is 10.1 Å². The van der Waals surface area contributed by atoms with Gasteiger partial charge in [0.1, 0.15) is 5.02 Å². The molecule has 2 aromatic rings. The van der Waals surface area contributed by atoms with E-state index in [0.29, 0.717) is 0 Å². The van der Waals surface area contributed by atoms with Gasteiger partial charge in [0.05, 0.1) is 22.6 Å². The Morgan fingerprint density at radius 2 is 2.18 bits per heavy atom. The predicted molar refractivity (Wildman–Crippen MR) is 65.0 cm³/mol. The summed E-state index contributed by atoms with van der Waals surface area (Å²) < 4.78 is 1.85. The van der Waals surface area contributed by atoms with Gasteiger partial charge in [-0.2, -0.15) is 0 Å². The number of nitrogens with zero attached hydrogens (tertiary/aromatic N) is 3. The molecule has 0 bridgehead atoms. The summed E-state index contributed by atoms with van der Waals surface area (Å²) in [6.07, 6.45) is 1.69. The van der Waals surface area contributed by atoms with Gasteiger partial charge in [-0.1, -0.05) is 11.6 Å². The Balaban J connectivity index is 2.56. The van der Waals surface area contributed by atoms with E-state index in [0.717, 1.165) is 17.0 Å². The van der Waals surface area contributed by atoms with Crippen molar-refractivity contribution in [1.29, 1.82) is 0 Å². The third-order valence-electron chi connectivity index (χ3n) is 2.54. The van der Waals surface area contributed by atoms with Crippen molar-refractivity contribution in [1.82, 2.24) is 9.55 Å². The Labute approximate surface area is 103 Å². The highest BCUT2D eigenvalue weighted by Gasteiger charge is 2.15. The summed E-state index contributed by atoms with van der Waals surface area (Å²) in [6.45, 7) is 1.88. The van der Waals surface area contributed by atoms with Gasteiger partial charge in [-0.15, -0.1) is 0 Å². The second-order valence-corrected chi connectivity index (χ2v) is 4.12. The maximum atomic E-state index is 10.7. The van der Waals surface area contributed by atoms with Crippen LogP contribution in [-0.4, -0.2) is 14.5 Å². The molecule has 0 amide bonds. The molecule has 1 heterocycles. The Morgan fingerprint density at radius 3 is 2.65 bits per heavy atom. The third-order valence-corrected chi connectivity index (χ3v) is 2.84. The lowest BCUT2D eigenvalue weighted by Crippen LogP contribution is -1.93. The van der Waals surface area contributed by atoms with E-state index >= 15 is 0 Å². The molecule has 0 atom stereocenters. The quantitative estimate of drug-likeness (QED) is 0.609. The van der Waals surface area contributed by atoms with Gasteiger partial charge in [0, 0.05) is 18.7 Å². The van der Waals surface area contributed by atoms with Crippen molar-refractivity contribution in [3.8, 4) is 11.3 Å². The van der Waals surface area contributed by atoms with E-state index in [1.807, 2.05) is 18.5 Å². The number of rotatable bonds is 2. The van der Waals surface area contributed by atoms with E-state index < -0.39 is 4.92 Å². The van der Waals surface area contributed by atoms with Crippen molar-refractivity contribution < 1.29 is 4.92 Å². The average molecular weight is 252 g/mol. The van der Waals surface area contributed by atoms with Gasteiger partial charge in [-0.25, -0.2) is 4.98 Å². The molecule has 0 aliphatic carbocycles. The van der Waals surface area contributed by atoms with E-state index in [4.69, 9.17) is 11.6 Å². The molecule has 1 aromatic heterocycles. The number of nitro groups is 1. The Hall–Kier alpha value is -1.88. The molecule has 2 rings (SSSR count). The number of benzene rings is 1. The molecule has 6 heteroatoms. The van der Waals surface area contributed by atoms with E-state index in [1.54, 1.807) is 18.5 Å². The van der Waals surface area contributed by atoms with E-state index in [-0.39, 0.29) is 10.7 Å². The normalized spacial score (nSPS) is 10.5. The van der Waals surface area contributed by atoms with Crippen molar-refractivity contribution in [2.45, 2.75) is 6.92 Å². The number of aryl methyl sites for hydroxylation is 2. The molecule has 0 spiro atoms. The van der Waals surface area contributed by atoms with Crippen molar-refractivity contribution in [2.24, 2.45) is 7.05 Å². The fourth-order valence-electron chi connectivity index (χ4n) is 1.76. The number of hydrogen-bond donors (Lipinski definition) is 0. The fraction of sp³-hybridized carbons (Fsp3) is 0.182. The lowest BCUT2D eigenvalue weighted by Gasteiger charge is -2.05. The van der Waals surface area contributed by atoms with Crippen LogP contribution in [0.25, 0.3) is 11.3 Å². The molecule has 0 radical (unpaired) electrons. The molecule has 5 nitrogen and oxygen atoms in total. The molecule has 88 valence electrons. The van der Waals surface area contributed by atoms with Gasteiger partial charge in [0.2, 0.25) is 0 Å². The molecule has 0 unspecified atom stereocenters. The van der Waals surface area contributed by atoms with E-state index in [2.05, 4.69) is 4.98 Å². The van der Waals surface area contributed by atoms with Crippen LogP contribution in [0.4, 0.5) is 5.69 Å². The zero-order chi connectivity index (χ0) is 12.6. The zero-order valence-electron chi connectivity index (χ0n) is 9.35. The van der Waals surface area contributed by atoms with Crippen molar-refractivity contribution in [3.63, 3.8) is 0 Å². The molecule has 0 saturated heterocycles. The molecule has 0 saturated carbocycles. The van der Waals surface area contributed by atoms with Crippen LogP contribution in [0.3, 0.4) is 0 Å². The molecule has 0 fully saturated rings. The molecular formula is C11H10ClN3O2. The van der Waals surface area contributed by atoms with Gasteiger partial charge in [-0.05, 0) is 19.1 Å². The highest BCUT2D eigenvalue weighted by Crippen LogP contribution is 2.30. The summed E-state index contributed by atoms with van der Waals surface area (Å²) in [4.78, 5) is 14.3. The first-order chi connectivity index (χ1) is 8.00. The summed E-state index contributed by atoms with van der Waals surface area (Å²) in [5.74, 6) is 0. The predicted octanol–water partition coefficient (Wildman–Crippen LogP) is 2.96. The maximum Gasteiger partial charge on any atom is 0.287 e. The summed E-state index contributed by atoms with van der Waals surface area (Å²) in [5, 5.41) is 10.8. The SMILES string of the molecule is Cc1ncn(C)c1-c1ccc([N+](=O)[O-])c(Cl)c1. The van der Waals surface area contributed by atoms with E-state index in [1.165, 1.54) is 6.07 Å². The van der Waals surface area contributed by atoms with Gasteiger partial charge in [0.25, 0.3) is 5.69 Å². The van der Waals surface area contributed by atoms with Crippen LogP contribution in [0.15, 0.2) is 24.5 Å². The van der Waals surface area contributed by atoms with Crippen LogP contribution in [0.1, 0.15) is 5.69 Å². The summed E-state index contributed by atoms with van der Waals surface area (Å²) in [5.41, 5.74) is 2.49. The average Bonchev–Trinajstić information content (AvgIpc) is 2.58. The topological polar surface area (TPSA) is 61.0 Å². The lowest BCUT2D eigenvalue weighted by atomic mass is 10.1. The van der Waals surface area contributed by atoms with Crippen molar-refractivity contribution in [2.75, 3.05) is 0 Å². The van der Waals surface area contributed by atoms with Crippen LogP contribution in [0.5, 0.6) is 0 Å². The number of hydrogen-bond acceptors (Lipinski definition) is 3. The first-order valence-electron chi connectivity index (χ1n) is 4.93. The maximum absolute atomic E-state index is 10.7. The highest BCUT2D eigenvalue weighted by atomic mass is 35.5. The van der Waals surface area contributed by atoms with Gasteiger partial charge < -0.3 is 4.57 Å².